The summed E-state index contributed by atoms with van der Waals surface area (Å²) in [5.74, 6) is 1.01. The predicted molar refractivity (Wildman–Crippen MR) is 121 cm³/mol. The molecule has 9 nitrogen and oxygen atoms in total. The van der Waals surface area contributed by atoms with Crippen LogP contribution >= 0.6 is 0 Å². The molecule has 32 heavy (non-hydrogen) atoms. The quantitative estimate of drug-likeness (QED) is 0.414. The maximum atomic E-state index is 12.4. The molecule has 1 heterocycles. The minimum Gasteiger partial charge on any atom is -0.465 e. The summed E-state index contributed by atoms with van der Waals surface area (Å²) in [6, 6.07) is 15.6. The van der Waals surface area contributed by atoms with Crippen molar-refractivity contribution < 1.29 is 22.4 Å². The van der Waals surface area contributed by atoms with Gasteiger partial charge in [-0.15, -0.1) is 0 Å². The Morgan fingerprint density at radius 3 is 2.12 bits per heavy atom. The SMILES string of the molecule is Cc1ccc(S(=O)(=O)Nc2ccc(NC(=O)NCC(=O)NCc3ccc(C)o3)cc2)cc1. The van der Waals surface area contributed by atoms with E-state index < -0.39 is 16.1 Å². The molecule has 3 rings (SSSR count). The van der Waals surface area contributed by atoms with E-state index in [1.54, 1.807) is 36.4 Å². The first kappa shape index (κ1) is 22.9. The Morgan fingerprint density at radius 2 is 1.50 bits per heavy atom. The lowest BCUT2D eigenvalue weighted by molar-refractivity contribution is -0.120. The topological polar surface area (TPSA) is 130 Å². The summed E-state index contributed by atoms with van der Waals surface area (Å²) in [6.45, 7) is 3.71. The average molecular weight is 457 g/mol. The molecule has 0 aliphatic carbocycles. The highest BCUT2D eigenvalue weighted by atomic mass is 32.2. The van der Waals surface area contributed by atoms with Crippen molar-refractivity contribution in [2.75, 3.05) is 16.6 Å². The molecule has 0 atom stereocenters. The second kappa shape index (κ2) is 10.0. The van der Waals surface area contributed by atoms with Gasteiger partial charge in [-0.1, -0.05) is 17.7 Å². The number of nitrogens with one attached hydrogen (secondary N) is 4. The number of carbonyl (C=O) groups excluding carboxylic acids is 2. The Labute approximate surface area is 186 Å². The Bertz CT molecular complexity index is 1190. The van der Waals surface area contributed by atoms with E-state index in [0.29, 0.717) is 17.1 Å². The fourth-order valence-electron chi connectivity index (χ4n) is 2.72. The second-order valence-corrected chi connectivity index (χ2v) is 8.78. The van der Waals surface area contributed by atoms with E-state index in [9.17, 15) is 18.0 Å². The van der Waals surface area contributed by atoms with Gasteiger partial charge >= 0.3 is 6.03 Å². The Kier molecular flexibility index (Phi) is 7.16. The molecule has 0 radical (unpaired) electrons. The predicted octanol–water partition coefficient (Wildman–Crippen LogP) is 3.14. The van der Waals surface area contributed by atoms with E-state index in [4.69, 9.17) is 4.42 Å². The van der Waals surface area contributed by atoms with Gasteiger partial charge in [0.15, 0.2) is 0 Å². The zero-order valence-electron chi connectivity index (χ0n) is 17.6. The summed E-state index contributed by atoms with van der Waals surface area (Å²) >= 11 is 0. The lowest BCUT2D eigenvalue weighted by Crippen LogP contribution is -2.38. The van der Waals surface area contributed by atoms with Crippen molar-refractivity contribution in [2.45, 2.75) is 25.3 Å². The van der Waals surface area contributed by atoms with Gasteiger partial charge in [0.1, 0.15) is 11.5 Å². The van der Waals surface area contributed by atoms with E-state index in [-0.39, 0.29) is 23.9 Å². The van der Waals surface area contributed by atoms with Crippen LogP contribution < -0.4 is 20.7 Å². The second-order valence-electron chi connectivity index (χ2n) is 7.09. The van der Waals surface area contributed by atoms with E-state index in [0.717, 1.165) is 11.3 Å². The van der Waals surface area contributed by atoms with Crippen LogP contribution in [0.1, 0.15) is 17.1 Å². The molecule has 4 N–H and O–H groups in total. The Balaban J connectivity index is 1.45. The molecule has 0 fully saturated rings. The van der Waals surface area contributed by atoms with Crippen molar-refractivity contribution >= 4 is 33.3 Å². The maximum absolute atomic E-state index is 12.4. The summed E-state index contributed by atoms with van der Waals surface area (Å²) < 4.78 is 32.7. The van der Waals surface area contributed by atoms with Crippen LogP contribution in [0.3, 0.4) is 0 Å². The summed E-state index contributed by atoms with van der Waals surface area (Å²) in [4.78, 5) is 24.0. The third-order valence-corrected chi connectivity index (χ3v) is 5.79. The van der Waals surface area contributed by atoms with Gasteiger partial charge in [0.25, 0.3) is 10.0 Å². The Hall–Kier alpha value is -3.79. The Morgan fingerprint density at radius 1 is 0.844 bits per heavy atom. The molecular formula is C22H24N4O5S. The average Bonchev–Trinajstić information content (AvgIpc) is 3.17. The first-order valence-corrected chi connectivity index (χ1v) is 11.3. The standard InChI is InChI=1S/C22H24N4O5S/c1-15-3-11-20(12-4-15)32(29,30)26-18-8-6-17(7-9-18)25-22(28)24-14-21(27)23-13-19-10-5-16(2)31-19/h3-12,26H,13-14H2,1-2H3,(H,23,27)(H2,24,25,28). The molecule has 0 saturated heterocycles. The van der Waals surface area contributed by atoms with Crippen LogP contribution in [0.2, 0.25) is 0 Å². The van der Waals surface area contributed by atoms with E-state index in [2.05, 4.69) is 20.7 Å². The number of carbonyl (C=O) groups is 2. The minimum absolute atomic E-state index is 0.158. The highest BCUT2D eigenvalue weighted by Gasteiger charge is 2.14. The number of anilines is 2. The number of amides is 3. The minimum atomic E-state index is -3.71. The van der Waals surface area contributed by atoms with Gasteiger partial charge in [-0.05, 0) is 62.4 Å². The summed E-state index contributed by atoms with van der Waals surface area (Å²) in [5.41, 5.74) is 1.75. The molecule has 0 unspecified atom stereocenters. The van der Waals surface area contributed by atoms with Crippen molar-refractivity contribution in [1.82, 2.24) is 10.6 Å². The number of aryl methyl sites for hydroxylation is 2. The van der Waals surface area contributed by atoms with Crippen LogP contribution in [0.5, 0.6) is 0 Å². The molecule has 0 bridgehead atoms. The fraction of sp³-hybridized carbons (Fsp3) is 0.182. The van der Waals surface area contributed by atoms with Crippen LogP contribution in [-0.4, -0.2) is 26.9 Å². The number of sulfonamides is 1. The number of urea groups is 1. The number of furan rings is 1. The lowest BCUT2D eigenvalue weighted by Gasteiger charge is -2.10. The molecule has 0 aliphatic heterocycles. The van der Waals surface area contributed by atoms with Gasteiger partial charge in [0.2, 0.25) is 5.91 Å². The third-order valence-electron chi connectivity index (χ3n) is 4.39. The van der Waals surface area contributed by atoms with E-state index in [1.807, 2.05) is 13.8 Å². The summed E-state index contributed by atoms with van der Waals surface area (Å²) in [6.07, 6.45) is 0. The summed E-state index contributed by atoms with van der Waals surface area (Å²) in [5, 5.41) is 7.66. The highest BCUT2D eigenvalue weighted by Crippen LogP contribution is 2.18. The van der Waals surface area contributed by atoms with E-state index >= 15 is 0 Å². The number of rotatable bonds is 8. The zero-order chi connectivity index (χ0) is 23.1. The van der Waals surface area contributed by atoms with Crippen molar-refractivity contribution in [3.63, 3.8) is 0 Å². The van der Waals surface area contributed by atoms with Crippen molar-refractivity contribution in [2.24, 2.45) is 0 Å². The monoisotopic (exact) mass is 456 g/mol. The van der Waals surface area contributed by atoms with Crippen LogP contribution in [0.4, 0.5) is 16.2 Å². The van der Waals surface area contributed by atoms with Gasteiger partial charge in [-0.25, -0.2) is 13.2 Å². The highest BCUT2D eigenvalue weighted by molar-refractivity contribution is 7.92. The largest absolute Gasteiger partial charge is 0.465 e. The van der Waals surface area contributed by atoms with Crippen molar-refractivity contribution in [3.8, 4) is 0 Å². The molecule has 0 saturated carbocycles. The van der Waals surface area contributed by atoms with Crippen LogP contribution in [0.15, 0.2) is 70.0 Å². The van der Waals surface area contributed by atoms with Gasteiger partial charge in [0.05, 0.1) is 18.0 Å². The van der Waals surface area contributed by atoms with Gasteiger partial charge in [0, 0.05) is 11.4 Å². The van der Waals surface area contributed by atoms with Gasteiger partial charge in [-0.2, -0.15) is 0 Å². The van der Waals surface area contributed by atoms with E-state index in [1.165, 1.54) is 24.3 Å². The molecule has 168 valence electrons. The number of hydrogen-bond donors (Lipinski definition) is 4. The zero-order valence-corrected chi connectivity index (χ0v) is 18.5. The smallest absolute Gasteiger partial charge is 0.319 e. The maximum Gasteiger partial charge on any atom is 0.319 e. The van der Waals surface area contributed by atoms with Gasteiger partial charge in [-0.3, -0.25) is 9.52 Å². The molecule has 3 amide bonds. The number of hydrogen-bond acceptors (Lipinski definition) is 5. The van der Waals surface area contributed by atoms with Crippen LogP contribution in [0, 0.1) is 13.8 Å². The summed E-state index contributed by atoms with van der Waals surface area (Å²) in [7, 11) is -3.71. The molecule has 0 spiro atoms. The molecule has 10 heteroatoms. The van der Waals surface area contributed by atoms with Crippen LogP contribution in [-0.2, 0) is 21.4 Å². The molecular weight excluding hydrogens is 432 g/mol. The molecule has 2 aromatic carbocycles. The van der Waals surface area contributed by atoms with Crippen molar-refractivity contribution in [1.29, 1.82) is 0 Å². The molecule has 3 aromatic rings. The van der Waals surface area contributed by atoms with Crippen molar-refractivity contribution in [3.05, 3.63) is 77.7 Å². The first-order valence-electron chi connectivity index (χ1n) is 9.78. The number of benzene rings is 2. The normalized spacial score (nSPS) is 10.9. The molecule has 0 aliphatic rings. The third kappa shape index (κ3) is 6.61. The van der Waals surface area contributed by atoms with Gasteiger partial charge < -0.3 is 20.4 Å². The molecule has 1 aromatic heterocycles. The lowest BCUT2D eigenvalue weighted by atomic mass is 10.2. The first-order chi connectivity index (χ1) is 15.2. The fourth-order valence-corrected chi connectivity index (χ4v) is 3.78. The van der Waals surface area contributed by atoms with Crippen LogP contribution in [0.25, 0.3) is 0 Å².